The standard InChI is InChI=1S/C38H55FN8O3/c1-25(2)45-22-37(23-45)19-38(42-35(37)49)11-9-28(10-12-38)18-44-15-13-36(14-16-44)20-46(21-36)32-33(43-41-24-40-32)50-31-8-7-29(39)17-30(31)34(48)47(26(3)4)27(5)6/h7-8,17,24-28H,9-16,18-23H2,1-6H3,(H,42,49). The predicted molar refractivity (Wildman–Crippen MR) is 190 cm³/mol. The fraction of sp³-hybridized carbons (Fsp3) is 0.711. The van der Waals surface area contributed by atoms with E-state index in [1.807, 2.05) is 27.7 Å². The van der Waals surface area contributed by atoms with Crippen molar-refractivity contribution in [1.82, 2.24) is 35.2 Å². The van der Waals surface area contributed by atoms with Crippen LogP contribution in [0.15, 0.2) is 24.5 Å². The second-order valence-corrected chi connectivity index (χ2v) is 17.0. The minimum absolute atomic E-state index is 0.0206. The van der Waals surface area contributed by atoms with Crippen molar-refractivity contribution >= 4 is 17.6 Å². The summed E-state index contributed by atoms with van der Waals surface area (Å²) in [5, 5.41) is 11.7. The number of benzene rings is 1. The van der Waals surface area contributed by atoms with Crippen LogP contribution in [0.4, 0.5) is 10.2 Å². The molecule has 0 atom stereocenters. The molecule has 7 rings (SSSR count). The van der Waals surface area contributed by atoms with Crippen LogP contribution in [0.1, 0.15) is 96.8 Å². The summed E-state index contributed by atoms with van der Waals surface area (Å²) in [7, 11) is 0. The maximum absolute atomic E-state index is 14.4. The van der Waals surface area contributed by atoms with Gasteiger partial charge in [-0.25, -0.2) is 9.37 Å². The number of amides is 2. The SMILES string of the molecule is CC(C)N1CC2(C1)CC1(CCC(CN3CCC4(CC3)CN(c3ncnnc3Oc3ccc(F)cc3C(=O)N(C(C)C)C(C)C)C4)CC1)NC2=O. The van der Waals surface area contributed by atoms with Gasteiger partial charge in [-0.3, -0.25) is 14.5 Å². The van der Waals surface area contributed by atoms with E-state index in [1.54, 1.807) is 4.90 Å². The fourth-order valence-electron chi connectivity index (χ4n) is 9.63. The van der Waals surface area contributed by atoms with E-state index >= 15 is 0 Å². The van der Waals surface area contributed by atoms with Gasteiger partial charge in [0.15, 0.2) is 5.82 Å². The number of hydrogen-bond donors (Lipinski definition) is 1. The maximum Gasteiger partial charge on any atom is 0.282 e. The first kappa shape index (κ1) is 35.0. The molecule has 5 aliphatic rings. The number of aromatic nitrogens is 3. The number of rotatable bonds is 9. The molecular formula is C38H55FN8O3. The number of halogens is 1. The van der Waals surface area contributed by atoms with E-state index < -0.39 is 5.82 Å². The van der Waals surface area contributed by atoms with Gasteiger partial charge in [0.05, 0.1) is 11.0 Å². The monoisotopic (exact) mass is 690 g/mol. The summed E-state index contributed by atoms with van der Waals surface area (Å²) >= 11 is 0. The molecular weight excluding hydrogens is 635 g/mol. The third kappa shape index (κ3) is 6.58. The molecule has 272 valence electrons. The number of carbonyl (C=O) groups excluding carboxylic acids is 2. The van der Waals surface area contributed by atoms with Crippen LogP contribution < -0.4 is 15.0 Å². The minimum Gasteiger partial charge on any atom is -0.434 e. The summed E-state index contributed by atoms with van der Waals surface area (Å²) in [5.74, 6) is 1.24. The fourth-order valence-corrected chi connectivity index (χ4v) is 9.63. The van der Waals surface area contributed by atoms with Gasteiger partial charge in [-0.2, -0.15) is 0 Å². The Bertz CT molecular complexity index is 1560. The highest BCUT2D eigenvalue weighted by molar-refractivity contribution is 5.97. The Hall–Kier alpha value is -3.38. The van der Waals surface area contributed by atoms with Crippen LogP contribution in [0.5, 0.6) is 11.6 Å². The van der Waals surface area contributed by atoms with Crippen LogP contribution >= 0.6 is 0 Å². The number of carbonyl (C=O) groups is 2. The zero-order valence-corrected chi connectivity index (χ0v) is 30.8. The summed E-state index contributed by atoms with van der Waals surface area (Å²) in [6, 6.07) is 4.38. The largest absolute Gasteiger partial charge is 0.434 e. The topological polar surface area (TPSA) is 107 Å². The molecule has 1 aromatic heterocycles. The van der Waals surface area contributed by atoms with Gasteiger partial charge < -0.3 is 24.8 Å². The van der Waals surface area contributed by atoms with Crippen LogP contribution in [0.2, 0.25) is 0 Å². The minimum atomic E-state index is -0.503. The number of piperidine rings is 1. The van der Waals surface area contributed by atoms with Crippen molar-refractivity contribution in [2.45, 2.75) is 110 Å². The Balaban J connectivity index is 0.916. The van der Waals surface area contributed by atoms with Crippen molar-refractivity contribution in [3.8, 4) is 11.6 Å². The van der Waals surface area contributed by atoms with Gasteiger partial charge >= 0.3 is 0 Å². The maximum atomic E-state index is 14.4. The summed E-state index contributed by atoms with van der Waals surface area (Å²) in [6.07, 6.45) is 9.31. The molecule has 12 heteroatoms. The van der Waals surface area contributed by atoms with E-state index in [-0.39, 0.29) is 51.6 Å². The first-order chi connectivity index (χ1) is 23.8. The number of anilines is 1. The second kappa shape index (κ2) is 13.3. The normalized spacial score (nSPS) is 26.2. The third-order valence-electron chi connectivity index (χ3n) is 12.4. The van der Waals surface area contributed by atoms with Gasteiger partial charge in [-0.1, -0.05) is 0 Å². The zero-order valence-electron chi connectivity index (χ0n) is 30.8. The Kier molecular flexibility index (Phi) is 9.33. The van der Waals surface area contributed by atoms with Crippen LogP contribution in [0.3, 0.4) is 0 Å². The van der Waals surface area contributed by atoms with Gasteiger partial charge in [0.1, 0.15) is 17.9 Å². The summed E-state index contributed by atoms with van der Waals surface area (Å²) in [5.41, 5.74) is 0.261. The molecule has 0 radical (unpaired) electrons. The molecule has 1 saturated carbocycles. The number of ether oxygens (including phenoxy) is 1. The molecule has 3 spiro atoms. The smallest absolute Gasteiger partial charge is 0.282 e. The highest BCUT2D eigenvalue weighted by atomic mass is 19.1. The molecule has 11 nitrogen and oxygen atoms in total. The number of nitrogens with one attached hydrogen (secondary N) is 1. The average molecular weight is 691 g/mol. The third-order valence-corrected chi connectivity index (χ3v) is 12.4. The lowest BCUT2D eigenvalue weighted by molar-refractivity contribution is -0.138. The lowest BCUT2D eigenvalue weighted by Gasteiger charge is -2.54. The van der Waals surface area contributed by atoms with Gasteiger partial charge in [-0.15, -0.1) is 10.2 Å². The van der Waals surface area contributed by atoms with Crippen molar-refractivity contribution in [3.05, 3.63) is 35.9 Å². The van der Waals surface area contributed by atoms with Crippen molar-refractivity contribution in [1.29, 1.82) is 0 Å². The lowest BCUT2D eigenvalue weighted by atomic mass is 9.68. The van der Waals surface area contributed by atoms with Crippen molar-refractivity contribution in [2.75, 3.05) is 50.7 Å². The van der Waals surface area contributed by atoms with Gasteiger partial charge in [0.2, 0.25) is 5.91 Å². The van der Waals surface area contributed by atoms with Crippen molar-refractivity contribution < 1.29 is 18.7 Å². The van der Waals surface area contributed by atoms with E-state index in [2.05, 4.69) is 49.0 Å². The van der Waals surface area contributed by atoms with Gasteiger partial charge in [0.25, 0.3) is 11.8 Å². The Morgan fingerprint density at radius 2 is 1.70 bits per heavy atom. The van der Waals surface area contributed by atoms with Crippen LogP contribution in [-0.2, 0) is 4.79 Å². The molecule has 4 aliphatic heterocycles. The first-order valence-corrected chi connectivity index (χ1v) is 18.8. The van der Waals surface area contributed by atoms with Crippen molar-refractivity contribution in [2.24, 2.45) is 16.7 Å². The first-order valence-electron chi connectivity index (χ1n) is 18.8. The highest BCUT2D eigenvalue weighted by Gasteiger charge is 2.60. The Labute approximate surface area is 296 Å². The van der Waals surface area contributed by atoms with Crippen molar-refractivity contribution in [3.63, 3.8) is 0 Å². The molecule has 1 aromatic carbocycles. The average Bonchev–Trinajstić information content (AvgIpc) is 3.33. The van der Waals surface area contributed by atoms with Gasteiger partial charge in [0, 0.05) is 61.8 Å². The predicted octanol–water partition coefficient (Wildman–Crippen LogP) is 5.12. The highest BCUT2D eigenvalue weighted by Crippen LogP contribution is 2.50. The van der Waals surface area contributed by atoms with E-state index in [9.17, 15) is 14.0 Å². The van der Waals surface area contributed by atoms with E-state index in [0.717, 1.165) is 77.9 Å². The number of hydrogen-bond acceptors (Lipinski definition) is 9. The lowest BCUT2D eigenvalue weighted by Crippen LogP contribution is -2.61. The Morgan fingerprint density at radius 1 is 1.02 bits per heavy atom. The van der Waals surface area contributed by atoms with E-state index in [4.69, 9.17) is 4.74 Å². The van der Waals surface area contributed by atoms with Crippen LogP contribution in [-0.4, -0.2) is 111 Å². The zero-order chi connectivity index (χ0) is 35.4. The number of nitrogens with zero attached hydrogens (tertiary/aromatic N) is 7. The molecule has 5 fully saturated rings. The molecule has 2 aromatic rings. The molecule has 5 heterocycles. The van der Waals surface area contributed by atoms with E-state index in [1.165, 1.54) is 37.4 Å². The molecule has 4 saturated heterocycles. The summed E-state index contributed by atoms with van der Waals surface area (Å²) in [4.78, 5) is 40.1. The molecule has 1 N–H and O–H groups in total. The molecule has 50 heavy (non-hydrogen) atoms. The summed E-state index contributed by atoms with van der Waals surface area (Å²) < 4.78 is 20.6. The Morgan fingerprint density at radius 3 is 2.34 bits per heavy atom. The van der Waals surface area contributed by atoms with Gasteiger partial charge in [-0.05, 0) is 124 Å². The molecule has 0 unspecified atom stereocenters. The number of likely N-dealkylation sites (tertiary alicyclic amines) is 2. The summed E-state index contributed by atoms with van der Waals surface area (Å²) in [6.45, 7) is 19.1. The molecule has 0 bridgehead atoms. The van der Waals surface area contributed by atoms with Crippen LogP contribution in [0, 0.1) is 22.6 Å². The quantitative estimate of drug-likeness (QED) is 0.384. The van der Waals surface area contributed by atoms with Crippen LogP contribution in [0.25, 0.3) is 0 Å². The molecule has 2 amide bonds. The second-order valence-electron chi connectivity index (χ2n) is 17.0. The van der Waals surface area contributed by atoms with E-state index in [0.29, 0.717) is 23.7 Å². The molecule has 1 aliphatic carbocycles.